The van der Waals surface area contributed by atoms with Crippen molar-refractivity contribution in [2.24, 2.45) is 5.92 Å². The Morgan fingerprint density at radius 1 is 0.380 bits per heavy atom. The second-order valence-corrected chi connectivity index (χ2v) is 14.4. The fraction of sp³-hybridized carbons (Fsp3) is 0.841. The summed E-state index contributed by atoms with van der Waals surface area (Å²) < 4.78 is 0. The number of carbonyl (C=O) groups is 3. The lowest BCUT2D eigenvalue weighted by Crippen LogP contribution is -2.03. The van der Waals surface area contributed by atoms with Crippen molar-refractivity contribution in [3.8, 4) is 0 Å². The van der Waals surface area contributed by atoms with Crippen LogP contribution >= 0.6 is 0 Å². The smallest absolute Gasteiger partial charge is 0.305 e. The predicted molar refractivity (Wildman–Crippen MR) is 215 cm³/mol. The van der Waals surface area contributed by atoms with Gasteiger partial charge in [0.25, 0.3) is 0 Å². The van der Waals surface area contributed by atoms with E-state index in [9.17, 15) is 14.4 Å². The molecule has 0 saturated carbocycles. The molecule has 0 aromatic rings. The van der Waals surface area contributed by atoms with Crippen LogP contribution in [-0.4, -0.2) is 33.2 Å². The summed E-state index contributed by atoms with van der Waals surface area (Å²) in [5, 5.41) is 25.1. The summed E-state index contributed by atoms with van der Waals surface area (Å²) in [5.41, 5.74) is 0. The number of hydrogen-bond donors (Lipinski definition) is 3. The molecule has 0 aromatic carbocycles. The Bertz CT molecular complexity index is 758. The number of carboxylic acid groups (broad SMARTS) is 3. The molecule has 0 aliphatic carbocycles. The highest BCUT2D eigenvalue weighted by molar-refractivity contribution is 5.68. The molecule has 3 N–H and O–H groups in total. The van der Waals surface area contributed by atoms with E-state index in [1.165, 1.54) is 167 Å². The van der Waals surface area contributed by atoms with Crippen LogP contribution in [0, 0.1) is 5.92 Å². The van der Waals surface area contributed by atoms with Crippen LogP contribution in [0.25, 0.3) is 0 Å². The summed E-state index contributed by atoms with van der Waals surface area (Å²) >= 11 is 0. The highest BCUT2D eigenvalue weighted by Gasteiger charge is 1.99. The van der Waals surface area contributed by atoms with Crippen molar-refractivity contribution < 1.29 is 29.7 Å². The quantitative estimate of drug-likeness (QED) is 0.0446. The number of hydrogen-bond acceptors (Lipinski definition) is 3. The van der Waals surface area contributed by atoms with Crippen molar-refractivity contribution in [3.63, 3.8) is 0 Å². The molecule has 0 aliphatic heterocycles. The van der Waals surface area contributed by atoms with E-state index in [1.807, 2.05) is 0 Å². The van der Waals surface area contributed by atoms with Crippen molar-refractivity contribution >= 4 is 17.9 Å². The molecule has 0 unspecified atom stereocenters. The lowest BCUT2D eigenvalue weighted by Gasteiger charge is -2.01. The fourth-order valence-electron chi connectivity index (χ4n) is 5.40. The second-order valence-electron chi connectivity index (χ2n) is 14.4. The SMILES string of the molecule is CC(C)C(=O)O.CCCCCCCC/C=C/CCCCCCCC(=O)O.CCCCCCCC/C=C\CCCCCCCCCCCC(=O)O. The lowest BCUT2D eigenvalue weighted by molar-refractivity contribution is -0.140. The van der Waals surface area contributed by atoms with E-state index >= 15 is 0 Å². The van der Waals surface area contributed by atoms with E-state index < -0.39 is 17.9 Å². The molecule has 0 fully saturated rings. The number of allylic oxidation sites excluding steroid dienone is 4. The van der Waals surface area contributed by atoms with Gasteiger partial charge in [0.2, 0.25) is 0 Å². The molecule has 50 heavy (non-hydrogen) atoms. The standard InChI is InChI=1S/C22H42O2.C18H34O2.C4H8O2/c1-2-3-4-5-6-7-8-9-10-11-12-13-14-15-16-17-18-19-20-21-22(23)24;1-2-3-4-5-6-7-8-9-10-11-12-13-14-15-16-17-18(19)20;1-3(2)4(5)6/h9-10H,2-8,11-21H2,1H3,(H,23,24);9-10H,2-8,11-17H2,1H3,(H,19,20);3H,1-2H3,(H,5,6)/b10-9-;10-9+;. The first-order valence-corrected chi connectivity index (χ1v) is 21.1. The Balaban J connectivity index is -0.000000767. The van der Waals surface area contributed by atoms with Gasteiger partial charge in [0.1, 0.15) is 0 Å². The monoisotopic (exact) mass is 709 g/mol. The lowest BCUT2D eigenvalue weighted by atomic mass is 10.1. The average molecular weight is 709 g/mol. The van der Waals surface area contributed by atoms with Gasteiger partial charge in [0.05, 0.1) is 5.92 Å². The van der Waals surface area contributed by atoms with Crippen LogP contribution in [-0.2, 0) is 14.4 Å². The van der Waals surface area contributed by atoms with Gasteiger partial charge in [-0.05, 0) is 64.2 Å². The molecule has 0 bridgehead atoms. The molecule has 0 rings (SSSR count). The number of rotatable bonds is 35. The minimum absolute atomic E-state index is 0.231. The van der Waals surface area contributed by atoms with Gasteiger partial charge in [-0.25, -0.2) is 0 Å². The molecule has 0 heterocycles. The van der Waals surface area contributed by atoms with Crippen molar-refractivity contribution in [2.75, 3.05) is 0 Å². The molecule has 0 radical (unpaired) electrons. The van der Waals surface area contributed by atoms with E-state index in [-0.39, 0.29) is 5.92 Å². The van der Waals surface area contributed by atoms with Gasteiger partial charge in [-0.15, -0.1) is 0 Å². The summed E-state index contributed by atoms with van der Waals surface area (Å²) in [4.78, 5) is 30.4. The minimum Gasteiger partial charge on any atom is -0.481 e. The molecule has 0 aliphatic rings. The van der Waals surface area contributed by atoms with Gasteiger partial charge in [-0.1, -0.05) is 180 Å². The summed E-state index contributed by atoms with van der Waals surface area (Å²) in [6, 6.07) is 0. The third-order valence-corrected chi connectivity index (χ3v) is 8.80. The first kappa shape index (κ1) is 52.3. The molecule has 6 heteroatoms. The van der Waals surface area contributed by atoms with E-state index in [2.05, 4.69) is 38.2 Å². The molecular weight excluding hydrogens is 624 g/mol. The maximum absolute atomic E-state index is 10.4. The van der Waals surface area contributed by atoms with Crippen molar-refractivity contribution in [2.45, 2.75) is 233 Å². The van der Waals surface area contributed by atoms with Crippen LogP contribution in [0.5, 0.6) is 0 Å². The minimum atomic E-state index is -0.741. The van der Waals surface area contributed by atoms with Crippen LogP contribution in [0.2, 0.25) is 0 Å². The largest absolute Gasteiger partial charge is 0.481 e. The van der Waals surface area contributed by atoms with Gasteiger partial charge in [-0.2, -0.15) is 0 Å². The maximum atomic E-state index is 10.4. The van der Waals surface area contributed by atoms with Crippen molar-refractivity contribution in [3.05, 3.63) is 24.3 Å². The maximum Gasteiger partial charge on any atom is 0.305 e. The summed E-state index contributed by atoms with van der Waals surface area (Å²) in [6.07, 6.45) is 48.4. The van der Waals surface area contributed by atoms with Gasteiger partial charge >= 0.3 is 17.9 Å². The molecule has 6 nitrogen and oxygen atoms in total. The second kappa shape index (κ2) is 46.9. The van der Waals surface area contributed by atoms with Gasteiger partial charge in [0, 0.05) is 12.8 Å². The fourth-order valence-corrected chi connectivity index (χ4v) is 5.40. The third-order valence-electron chi connectivity index (χ3n) is 8.80. The summed E-state index contributed by atoms with van der Waals surface area (Å²) in [7, 11) is 0. The molecule has 0 atom stereocenters. The molecule has 0 amide bonds. The van der Waals surface area contributed by atoms with Crippen LogP contribution in [0.3, 0.4) is 0 Å². The Kier molecular flexibility index (Phi) is 49.0. The molecule has 0 aromatic heterocycles. The third kappa shape index (κ3) is 58.1. The molecule has 296 valence electrons. The van der Waals surface area contributed by atoms with E-state index in [1.54, 1.807) is 13.8 Å². The molecule has 0 saturated heterocycles. The Labute approximate surface area is 310 Å². The zero-order valence-corrected chi connectivity index (χ0v) is 33.6. The van der Waals surface area contributed by atoms with E-state index in [4.69, 9.17) is 15.3 Å². The van der Waals surface area contributed by atoms with Crippen molar-refractivity contribution in [1.29, 1.82) is 0 Å². The number of unbranched alkanes of at least 4 members (excludes halogenated alkanes) is 26. The highest BCUT2D eigenvalue weighted by atomic mass is 16.4. The zero-order chi connectivity index (χ0) is 37.8. The van der Waals surface area contributed by atoms with Gasteiger partial charge in [0.15, 0.2) is 0 Å². The first-order valence-electron chi connectivity index (χ1n) is 21.1. The normalized spacial score (nSPS) is 11.1. The average Bonchev–Trinajstić information content (AvgIpc) is 3.08. The Morgan fingerprint density at radius 2 is 0.580 bits per heavy atom. The van der Waals surface area contributed by atoms with Crippen molar-refractivity contribution in [1.82, 2.24) is 0 Å². The van der Waals surface area contributed by atoms with Crippen LogP contribution in [0.4, 0.5) is 0 Å². The number of aliphatic carboxylic acids is 3. The Morgan fingerprint density at radius 3 is 0.780 bits per heavy atom. The van der Waals surface area contributed by atoms with E-state index in [0.717, 1.165) is 25.7 Å². The Hall–Kier alpha value is -2.11. The first-order chi connectivity index (χ1) is 24.2. The highest BCUT2D eigenvalue weighted by Crippen LogP contribution is 2.13. The van der Waals surface area contributed by atoms with E-state index in [0.29, 0.717) is 12.8 Å². The molecular formula is C44H84O6. The summed E-state index contributed by atoms with van der Waals surface area (Å²) in [5.74, 6) is -2.29. The zero-order valence-electron chi connectivity index (χ0n) is 33.6. The van der Waals surface area contributed by atoms with Gasteiger partial charge in [-0.3, -0.25) is 14.4 Å². The molecule has 0 spiro atoms. The van der Waals surface area contributed by atoms with Crippen LogP contribution in [0.1, 0.15) is 233 Å². The van der Waals surface area contributed by atoms with Crippen LogP contribution in [0.15, 0.2) is 24.3 Å². The van der Waals surface area contributed by atoms with Crippen LogP contribution < -0.4 is 0 Å². The predicted octanol–water partition coefficient (Wildman–Crippen LogP) is 14.5. The number of carboxylic acids is 3. The van der Waals surface area contributed by atoms with Gasteiger partial charge < -0.3 is 15.3 Å². The topological polar surface area (TPSA) is 112 Å². The summed E-state index contributed by atoms with van der Waals surface area (Å²) in [6.45, 7) is 7.81.